The Balaban J connectivity index is 2.25. The fourth-order valence-electron chi connectivity index (χ4n) is 3.88. The molecule has 0 amide bonds. The maximum absolute atomic E-state index is 12.9. The lowest BCUT2D eigenvalue weighted by atomic mass is 9.64. The Morgan fingerprint density at radius 2 is 1.74 bits per heavy atom. The molecule has 0 bridgehead atoms. The maximum atomic E-state index is 12.9. The predicted octanol–water partition coefficient (Wildman–Crippen LogP) is 3.54. The zero-order valence-electron chi connectivity index (χ0n) is 14.0. The van der Waals surface area contributed by atoms with E-state index in [4.69, 9.17) is 4.74 Å². The topological polar surface area (TPSA) is 29.5 Å². The monoisotopic (exact) mass is 309 g/mol. The van der Waals surface area contributed by atoms with E-state index in [1.807, 2.05) is 42.5 Å². The quantitative estimate of drug-likeness (QED) is 0.812. The molecule has 2 atom stereocenters. The first-order chi connectivity index (χ1) is 11.1. The largest absolute Gasteiger partial charge is 0.468 e. The van der Waals surface area contributed by atoms with Crippen LogP contribution in [0.5, 0.6) is 0 Å². The van der Waals surface area contributed by atoms with E-state index >= 15 is 0 Å². The van der Waals surface area contributed by atoms with Crippen LogP contribution in [-0.2, 0) is 14.9 Å². The first-order valence-electron chi connectivity index (χ1n) is 8.01. The number of carbonyl (C=O) groups excluding carboxylic acids is 1. The van der Waals surface area contributed by atoms with E-state index in [-0.39, 0.29) is 5.97 Å². The van der Waals surface area contributed by atoms with Gasteiger partial charge in [0.15, 0.2) is 0 Å². The Hall–Kier alpha value is -2.13. The van der Waals surface area contributed by atoms with E-state index in [9.17, 15) is 4.79 Å². The summed E-state index contributed by atoms with van der Waals surface area (Å²) < 4.78 is 5.25. The summed E-state index contributed by atoms with van der Waals surface area (Å²) in [5.41, 5.74) is 2.59. The highest BCUT2D eigenvalue weighted by molar-refractivity contribution is 5.88. The summed E-state index contributed by atoms with van der Waals surface area (Å²) in [5, 5.41) is 0. The molecule has 2 aromatic rings. The van der Waals surface area contributed by atoms with E-state index in [0.717, 1.165) is 24.0 Å². The van der Waals surface area contributed by atoms with Crippen molar-refractivity contribution in [1.29, 1.82) is 0 Å². The second kappa shape index (κ2) is 6.17. The first-order valence-corrected chi connectivity index (χ1v) is 8.01. The second-order valence-corrected chi connectivity index (χ2v) is 6.37. The van der Waals surface area contributed by atoms with Crippen molar-refractivity contribution in [3.63, 3.8) is 0 Å². The Morgan fingerprint density at radius 1 is 1.09 bits per heavy atom. The molecule has 3 rings (SSSR count). The summed E-state index contributed by atoms with van der Waals surface area (Å²) in [6.07, 6.45) is 1.68. The third-order valence-electron chi connectivity index (χ3n) is 5.00. The predicted molar refractivity (Wildman–Crippen MR) is 91.3 cm³/mol. The molecule has 3 heteroatoms. The highest BCUT2D eigenvalue weighted by Crippen LogP contribution is 2.48. The summed E-state index contributed by atoms with van der Waals surface area (Å²) >= 11 is 0. The van der Waals surface area contributed by atoms with E-state index in [0.29, 0.717) is 6.04 Å². The number of methoxy groups -OCH3 is 1. The molecule has 0 heterocycles. The van der Waals surface area contributed by atoms with E-state index < -0.39 is 5.41 Å². The van der Waals surface area contributed by atoms with Gasteiger partial charge in [0, 0.05) is 6.04 Å². The van der Waals surface area contributed by atoms with Crippen LogP contribution in [0.3, 0.4) is 0 Å². The van der Waals surface area contributed by atoms with Gasteiger partial charge in [-0.3, -0.25) is 4.79 Å². The third-order valence-corrected chi connectivity index (χ3v) is 5.00. The molecule has 2 aromatic carbocycles. The number of carbonyl (C=O) groups is 1. The normalized spacial score (nSPS) is 23.4. The number of ether oxygens (including phenoxy) is 1. The standard InChI is InChI=1S/C20H23NO2/c1-21(2)18-13-14-20(19(22)23-3,15-9-5-4-6-10-15)17-12-8-7-11-16(17)18/h4-12,18H,13-14H2,1-3H3/t18-,20+/m0/s1. The Bertz CT molecular complexity index is 696. The Kier molecular flexibility index (Phi) is 4.22. The van der Waals surface area contributed by atoms with Crippen molar-refractivity contribution in [2.75, 3.05) is 21.2 Å². The average molecular weight is 309 g/mol. The van der Waals surface area contributed by atoms with Crippen LogP contribution < -0.4 is 0 Å². The van der Waals surface area contributed by atoms with Crippen LogP contribution in [0.15, 0.2) is 54.6 Å². The minimum atomic E-state index is -0.709. The van der Waals surface area contributed by atoms with Crippen molar-refractivity contribution < 1.29 is 9.53 Å². The number of benzene rings is 2. The van der Waals surface area contributed by atoms with Crippen molar-refractivity contribution in [3.8, 4) is 0 Å². The van der Waals surface area contributed by atoms with Crippen molar-refractivity contribution >= 4 is 5.97 Å². The molecular formula is C20H23NO2. The lowest BCUT2D eigenvalue weighted by molar-refractivity contribution is -0.146. The molecule has 0 unspecified atom stereocenters. The minimum Gasteiger partial charge on any atom is -0.468 e. The molecule has 0 radical (unpaired) electrons. The van der Waals surface area contributed by atoms with Crippen LogP contribution in [0.25, 0.3) is 0 Å². The summed E-state index contributed by atoms with van der Waals surface area (Å²) in [7, 11) is 5.66. The fraction of sp³-hybridized carbons (Fsp3) is 0.350. The summed E-state index contributed by atoms with van der Waals surface area (Å²) in [6.45, 7) is 0. The zero-order valence-corrected chi connectivity index (χ0v) is 14.0. The van der Waals surface area contributed by atoms with Crippen LogP contribution in [0, 0.1) is 0 Å². The van der Waals surface area contributed by atoms with Gasteiger partial charge in [0.1, 0.15) is 5.41 Å². The molecule has 1 aliphatic carbocycles. The minimum absolute atomic E-state index is 0.173. The second-order valence-electron chi connectivity index (χ2n) is 6.37. The van der Waals surface area contributed by atoms with Gasteiger partial charge in [-0.25, -0.2) is 0 Å². The van der Waals surface area contributed by atoms with Gasteiger partial charge in [0.05, 0.1) is 7.11 Å². The van der Waals surface area contributed by atoms with Crippen molar-refractivity contribution in [3.05, 3.63) is 71.3 Å². The van der Waals surface area contributed by atoms with Gasteiger partial charge in [0.25, 0.3) is 0 Å². The molecule has 120 valence electrons. The van der Waals surface area contributed by atoms with Crippen LogP contribution >= 0.6 is 0 Å². The van der Waals surface area contributed by atoms with Gasteiger partial charge < -0.3 is 9.64 Å². The highest BCUT2D eigenvalue weighted by Gasteiger charge is 2.48. The summed E-state index contributed by atoms with van der Waals surface area (Å²) in [6, 6.07) is 18.6. The molecular weight excluding hydrogens is 286 g/mol. The van der Waals surface area contributed by atoms with Crippen LogP contribution in [0.1, 0.15) is 35.6 Å². The highest BCUT2D eigenvalue weighted by atomic mass is 16.5. The smallest absolute Gasteiger partial charge is 0.320 e. The third kappa shape index (κ3) is 2.45. The van der Waals surface area contributed by atoms with Gasteiger partial charge >= 0.3 is 5.97 Å². The lowest BCUT2D eigenvalue weighted by Gasteiger charge is -2.42. The van der Waals surface area contributed by atoms with Crippen LogP contribution in [0.2, 0.25) is 0 Å². The van der Waals surface area contributed by atoms with Crippen LogP contribution in [-0.4, -0.2) is 32.1 Å². The van der Waals surface area contributed by atoms with E-state index in [2.05, 4.69) is 31.1 Å². The lowest BCUT2D eigenvalue weighted by Crippen LogP contribution is -2.43. The van der Waals surface area contributed by atoms with Crippen molar-refractivity contribution in [2.24, 2.45) is 0 Å². The number of fused-ring (bicyclic) bond motifs is 1. The number of nitrogens with zero attached hydrogens (tertiary/aromatic N) is 1. The molecule has 23 heavy (non-hydrogen) atoms. The first kappa shape index (κ1) is 15.8. The average Bonchev–Trinajstić information content (AvgIpc) is 2.60. The fourth-order valence-corrected chi connectivity index (χ4v) is 3.88. The number of hydrogen-bond acceptors (Lipinski definition) is 3. The molecule has 0 aliphatic heterocycles. The SMILES string of the molecule is COC(=O)[C@@]1(c2ccccc2)CC[C@H](N(C)C)c2ccccc21. The van der Waals surface area contributed by atoms with E-state index in [1.54, 1.807) is 0 Å². The van der Waals surface area contributed by atoms with Gasteiger partial charge in [-0.2, -0.15) is 0 Å². The number of hydrogen-bond donors (Lipinski definition) is 0. The molecule has 0 spiro atoms. The molecule has 1 aliphatic rings. The van der Waals surface area contributed by atoms with Crippen molar-refractivity contribution in [2.45, 2.75) is 24.3 Å². The zero-order chi connectivity index (χ0) is 16.4. The molecule has 0 fully saturated rings. The summed E-state index contributed by atoms with van der Waals surface area (Å²) in [4.78, 5) is 15.1. The molecule has 0 saturated carbocycles. The van der Waals surface area contributed by atoms with E-state index in [1.165, 1.54) is 12.7 Å². The summed E-state index contributed by atoms with van der Waals surface area (Å²) in [5.74, 6) is -0.173. The molecule has 0 N–H and O–H groups in total. The van der Waals surface area contributed by atoms with Gasteiger partial charge in [-0.1, -0.05) is 54.6 Å². The maximum Gasteiger partial charge on any atom is 0.320 e. The molecule has 0 saturated heterocycles. The van der Waals surface area contributed by atoms with Gasteiger partial charge in [-0.05, 0) is 43.6 Å². The number of rotatable bonds is 3. The Labute approximate surface area is 137 Å². The van der Waals surface area contributed by atoms with Crippen molar-refractivity contribution in [1.82, 2.24) is 4.90 Å². The van der Waals surface area contributed by atoms with Crippen LogP contribution in [0.4, 0.5) is 0 Å². The number of esters is 1. The molecule has 0 aromatic heterocycles. The Morgan fingerprint density at radius 3 is 2.39 bits per heavy atom. The van der Waals surface area contributed by atoms with Gasteiger partial charge in [0.2, 0.25) is 0 Å². The van der Waals surface area contributed by atoms with Gasteiger partial charge in [-0.15, -0.1) is 0 Å². The molecule has 3 nitrogen and oxygen atoms in total.